The third-order valence-electron chi connectivity index (χ3n) is 3.63. The van der Waals surface area contributed by atoms with E-state index >= 15 is 0 Å². The van der Waals surface area contributed by atoms with Crippen molar-refractivity contribution in [3.63, 3.8) is 0 Å². The molecule has 0 bridgehead atoms. The average molecular weight is 410 g/mol. The lowest BCUT2D eigenvalue weighted by Crippen LogP contribution is -2.30. The van der Waals surface area contributed by atoms with E-state index in [1.165, 1.54) is 0 Å². The van der Waals surface area contributed by atoms with Crippen LogP contribution in [0.25, 0.3) is 0 Å². The molecule has 2 rings (SSSR count). The Balaban J connectivity index is 2.20. The molecule has 0 aliphatic rings. The topological polar surface area (TPSA) is 49.4 Å². The van der Waals surface area contributed by atoms with Crippen LogP contribution in [0.2, 0.25) is 5.02 Å². The number of hydrogen-bond donors (Lipinski definition) is 1. The summed E-state index contributed by atoms with van der Waals surface area (Å²) < 4.78 is 0.710. The van der Waals surface area contributed by atoms with E-state index in [1.807, 2.05) is 19.9 Å². The second kappa shape index (κ2) is 8.31. The van der Waals surface area contributed by atoms with Crippen LogP contribution >= 0.6 is 27.5 Å². The average Bonchev–Trinajstić information content (AvgIpc) is 2.56. The van der Waals surface area contributed by atoms with Crippen molar-refractivity contribution in [2.75, 3.05) is 18.4 Å². The molecule has 0 unspecified atom stereocenters. The summed E-state index contributed by atoms with van der Waals surface area (Å²) in [6.45, 7) is 5.07. The summed E-state index contributed by atoms with van der Waals surface area (Å²) in [5.74, 6) is -0.366. The Bertz CT molecular complexity index is 760. The SMILES string of the molecule is CCN(CC)C(=O)c1ccc(NC(=O)c2ccccc2Br)cc1Cl. The Labute approximate surface area is 154 Å². The van der Waals surface area contributed by atoms with Crippen LogP contribution in [0.5, 0.6) is 0 Å². The largest absolute Gasteiger partial charge is 0.339 e. The minimum Gasteiger partial charge on any atom is -0.339 e. The monoisotopic (exact) mass is 408 g/mol. The number of nitrogens with zero attached hydrogens (tertiary/aromatic N) is 1. The molecule has 126 valence electrons. The van der Waals surface area contributed by atoms with Crippen molar-refractivity contribution >= 4 is 45.0 Å². The van der Waals surface area contributed by atoms with Gasteiger partial charge in [-0.05, 0) is 60.1 Å². The molecule has 6 heteroatoms. The standard InChI is InChI=1S/C18H18BrClN2O2/c1-3-22(4-2)18(24)14-10-9-12(11-16(14)20)21-17(23)13-7-5-6-8-15(13)19/h5-11H,3-4H2,1-2H3,(H,21,23). The van der Waals surface area contributed by atoms with Gasteiger partial charge in [0.15, 0.2) is 0 Å². The Morgan fingerprint density at radius 3 is 2.33 bits per heavy atom. The van der Waals surface area contributed by atoms with Crippen LogP contribution < -0.4 is 5.32 Å². The molecule has 2 aromatic rings. The summed E-state index contributed by atoms with van der Waals surface area (Å²) in [7, 11) is 0. The number of amides is 2. The van der Waals surface area contributed by atoms with Gasteiger partial charge in [-0.3, -0.25) is 9.59 Å². The predicted molar refractivity (Wildman–Crippen MR) is 101 cm³/mol. The quantitative estimate of drug-likeness (QED) is 0.768. The molecule has 2 aromatic carbocycles. The number of anilines is 1. The number of halogens is 2. The molecule has 0 radical (unpaired) electrons. The minimum atomic E-state index is -0.249. The zero-order chi connectivity index (χ0) is 17.7. The molecule has 0 aromatic heterocycles. The summed E-state index contributed by atoms with van der Waals surface area (Å²) in [6, 6.07) is 12.1. The van der Waals surface area contributed by atoms with E-state index in [0.717, 1.165) is 0 Å². The molecule has 4 nitrogen and oxygen atoms in total. The normalized spacial score (nSPS) is 10.3. The second-order valence-electron chi connectivity index (χ2n) is 5.11. The maximum atomic E-state index is 12.4. The van der Waals surface area contributed by atoms with Gasteiger partial charge in [-0.15, -0.1) is 0 Å². The smallest absolute Gasteiger partial charge is 0.256 e. The van der Waals surface area contributed by atoms with Crippen LogP contribution in [-0.2, 0) is 0 Å². The van der Waals surface area contributed by atoms with Crippen LogP contribution in [-0.4, -0.2) is 29.8 Å². The number of carbonyl (C=O) groups excluding carboxylic acids is 2. The summed E-state index contributed by atoms with van der Waals surface area (Å²) >= 11 is 9.59. The third-order valence-corrected chi connectivity index (χ3v) is 4.63. The second-order valence-corrected chi connectivity index (χ2v) is 6.37. The maximum Gasteiger partial charge on any atom is 0.256 e. The summed E-state index contributed by atoms with van der Waals surface area (Å²) in [5.41, 5.74) is 1.49. The molecular formula is C18H18BrClN2O2. The highest BCUT2D eigenvalue weighted by Crippen LogP contribution is 2.24. The van der Waals surface area contributed by atoms with Gasteiger partial charge in [-0.25, -0.2) is 0 Å². The fourth-order valence-electron chi connectivity index (χ4n) is 2.29. The van der Waals surface area contributed by atoms with E-state index < -0.39 is 0 Å². The summed E-state index contributed by atoms with van der Waals surface area (Å²) in [4.78, 5) is 26.4. The van der Waals surface area contributed by atoms with Gasteiger partial charge >= 0.3 is 0 Å². The first kappa shape index (κ1) is 18.5. The van der Waals surface area contributed by atoms with Crippen molar-refractivity contribution in [1.82, 2.24) is 4.90 Å². The minimum absolute atomic E-state index is 0.117. The molecule has 0 atom stereocenters. The molecule has 0 saturated heterocycles. The highest BCUT2D eigenvalue weighted by atomic mass is 79.9. The number of rotatable bonds is 5. The number of hydrogen-bond acceptors (Lipinski definition) is 2. The highest BCUT2D eigenvalue weighted by Gasteiger charge is 2.17. The van der Waals surface area contributed by atoms with Crippen LogP contribution in [0.3, 0.4) is 0 Å². The van der Waals surface area contributed by atoms with Gasteiger partial charge in [0.2, 0.25) is 0 Å². The van der Waals surface area contributed by atoms with Gasteiger partial charge in [0, 0.05) is 23.2 Å². The molecule has 0 saturated carbocycles. The molecule has 0 spiro atoms. The first-order valence-electron chi connectivity index (χ1n) is 7.62. The lowest BCUT2D eigenvalue weighted by atomic mass is 10.1. The van der Waals surface area contributed by atoms with Crippen molar-refractivity contribution in [3.05, 3.63) is 63.1 Å². The lowest BCUT2D eigenvalue weighted by molar-refractivity contribution is 0.0773. The van der Waals surface area contributed by atoms with Crippen molar-refractivity contribution in [1.29, 1.82) is 0 Å². The van der Waals surface area contributed by atoms with Crippen LogP contribution in [0.1, 0.15) is 34.6 Å². The summed E-state index contributed by atoms with van der Waals surface area (Å²) in [5, 5.41) is 3.10. The van der Waals surface area contributed by atoms with Crippen molar-refractivity contribution in [2.45, 2.75) is 13.8 Å². The van der Waals surface area contributed by atoms with Gasteiger partial charge in [0.05, 0.1) is 16.1 Å². The molecule has 0 aliphatic carbocycles. The van der Waals surface area contributed by atoms with Crippen LogP contribution in [0.15, 0.2) is 46.9 Å². The number of carbonyl (C=O) groups is 2. The van der Waals surface area contributed by atoms with Gasteiger partial charge < -0.3 is 10.2 Å². The molecule has 1 N–H and O–H groups in total. The van der Waals surface area contributed by atoms with E-state index in [-0.39, 0.29) is 11.8 Å². The Morgan fingerprint density at radius 2 is 1.75 bits per heavy atom. The zero-order valence-corrected chi connectivity index (χ0v) is 15.8. The molecular weight excluding hydrogens is 392 g/mol. The van der Waals surface area contributed by atoms with Crippen molar-refractivity contribution < 1.29 is 9.59 Å². The van der Waals surface area contributed by atoms with Crippen LogP contribution in [0.4, 0.5) is 5.69 Å². The van der Waals surface area contributed by atoms with Crippen molar-refractivity contribution in [2.24, 2.45) is 0 Å². The van der Waals surface area contributed by atoms with E-state index in [2.05, 4.69) is 21.2 Å². The van der Waals surface area contributed by atoms with Gasteiger partial charge in [0.25, 0.3) is 11.8 Å². The fraction of sp³-hybridized carbons (Fsp3) is 0.222. The van der Waals surface area contributed by atoms with E-state index in [4.69, 9.17) is 11.6 Å². The Kier molecular flexibility index (Phi) is 6.40. The zero-order valence-electron chi connectivity index (χ0n) is 13.5. The first-order chi connectivity index (χ1) is 11.5. The molecule has 2 amide bonds. The number of benzene rings is 2. The van der Waals surface area contributed by atoms with E-state index in [9.17, 15) is 9.59 Å². The Morgan fingerprint density at radius 1 is 1.08 bits per heavy atom. The van der Waals surface area contributed by atoms with Crippen molar-refractivity contribution in [3.8, 4) is 0 Å². The molecule has 24 heavy (non-hydrogen) atoms. The fourth-order valence-corrected chi connectivity index (χ4v) is 3.02. The Hall–Kier alpha value is -1.85. The van der Waals surface area contributed by atoms with Crippen LogP contribution in [0, 0.1) is 0 Å². The predicted octanol–water partition coefficient (Wildman–Crippen LogP) is 4.84. The maximum absolute atomic E-state index is 12.4. The molecule has 0 aliphatic heterocycles. The summed E-state index contributed by atoms with van der Waals surface area (Å²) in [6.07, 6.45) is 0. The van der Waals surface area contributed by atoms with Gasteiger partial charge in [-0.2, -0.15) is 0 Å². The highest BCUT2D eigenvalue weighted by molar-refractivity contribution is 9.10. The molecule has 0 fully saturated rings. The number of nitrogens with one attached hydrogen (secondary N) is 1. The van der Waals surface area contributed by atoms with E-state index in [1.54, 1.807) is 41.3 Å². The first-order valence-corrected chi connectivity index (χ1v) is 8.79. The van der Waals surface area contributed by atoms with Gasteiger partial charge in [0.1, 0.15) is 0 Å². The van der Waals surface area contributed by atoms with E-state index in [0.29, 0.717) is 39.4 Å². The van der Waals surface area contributed by atoms with Gasteiger partial charge in [-0.1, -0.05) is 23.7 Å². The third kappa shape index (κ3) is 4.16. The lowest BCUT2D eigenvalue weighted by Gasteiger charge is -2.19. The molecule has 0 heterocycles.